The van der Waals surface area contributed by atoms with Crippen LogP contribution in [0.3, 0.4) is 0 Å². The lowest BCUT2D eigenvalue weighted by molar-refractivity contribution is 0.0954. The van der Waals surface area contributed by atoms with Crippen LogP contribution in [0, 0.1) is 6.92 Å². The number of piperidine rings is 1. The number of hydrogen-bond acceptors (Lipinski definition) is 5. The number of thiazole rings is 1. The lowest BCUT2D eigenvalue weighted by Gasteiger charge is -2.25. The highest BCUT2D eigenvalue weighted by Crippen LogP contribution is 2.20. The quantitative estimate of drug-likeness (QED) is 0.818. The molecule has 0 spiro atoms. The monoisotopic (exact) mass is 393 g/mol. The van der Waals surface area contributed by atoms with Crippen LogP contribution in [0.1, 0.15) is 40.3 Å². The van der Waals surface area contributed by atoms with Crippen LogP contribution in [-0.2, 0) is 16.4 Å². The highest BCUT2D eigenvalue weighted by atomic mass is 32.2. The van der Waals surface area contributed by atoms with E-state index in [1.807, 2.05) is 12.3 Å². The molecule has 26 heavy (non-hydrogen) atoms. The van der Waals surface area contributed by atoms with E-state index < -0.39 is 10.0 Å². The minimum atomic E-state index is -3.46. The fraction of sp³-hybridized carbons (Fsp3) is 0.444. The van der Waals surface area contributed by atoms with Crippen LogP contribution in [0.15, 0.2) is 34.5 Å². The first-order valence-corrected chi connectivity index (χ1v) is 11.1. The van der Waals surface area contributed by atoms with Crippen molar-refractivity contribution in [3.05, 3.63) is 45.9 Å². The molecule has 1 aromatic heterocycles. The molecule has 0 atom stereocenters. The SMILES string of the molecule is Cc1nc(CCNC(=O)c2ccc(S(=O)(=O)N3CCCCC3)cc2)cs1. The Balaban J connectivity index is 1.58. The predicted octanol–water partition coefficient (Wildman–Crippen LogP) is 2.60. The van der Waals surface area contributed by atoms with E-state index in [2.05, 4.69) is 10.3 Å². The van der Waals surface area contributed by atoms with Gasteiger partial charge < -0.3 is 5.32 Å². The van der Waals surface area contributed by atoms with Crippen LogP contribution < -0.4 is 5.32 Å². The first-order chi connectivity index (χ1) is 12.5. The van der Waals surface area contributed by atoms with Crippen molar-refractivity contribution in [2.75, 3.05) is 19.6 Å². The Labute approximate surface area is 158 Å². The van der Waals surface area contributed by atoms with Gasteiger partial charge in [0.25, 0.3) is 5.91 Å². The summed E-state index contributed by atoms with van der Waals surface area (Å²) in [6.07, 6.45) is 3.56. The fourth-order valence-electron chi connectivity index (χ4n) is 2.96. The molecule has 2 heterocycles. The lowest BCUT2D eigenvalue weighted by atomic mass is 10.2. The van der Waals surface area contributed by atoms with Crippen molar-refractivity contribution >= 4 is 27.3 Å². The van der Waals surface area contributed by atoms with Gasteiger partial charge in [-0.1, -0.05) is 6.42 Å². The minimum absolute atomic E-state index is 0.209. The van der Waals surface area contributed by atoms with Crippen LogP contribution in [0.5, 0.6) is 0 Å². The van der Waals surface area contributed by atoms with Crippen molar-refractivity contribution in [1.82, 2.24) is 14.6 Å². The number of rotatable bonds is 6. The van der Waals surface area contributed by atoms with Crippen LogP contribution in [0.2, 0.25) is 0 Å². The number of nitrogens with zero attached hydrogens (tertiary/aromatic N) is 2. The van der Waals surface area contributed by atoms with Crippen LogP contribution >= 0.6 is 11.3 Å². The molecule has 1 saturated heterocycles. The van der Waals surface area contributed by atoms with Crippen molar-refractivity contribution in [3.63, 3.8) is 0 Å². The number of carbonyl (C=O) groups is 1. The predicted molar refractivity (Wildman–Crippen MR) is 102 cm³/mol. The largest absolute Gasteiger partial charge is 0.352 e. The smallest absolute Gasteiger partial charge is 0.251 e. The third-order valence-electron chi connectivity index (χ3n) is 4.40. The summed E-state index contributed by atoms with van der Waals surface area (Å²) in [6.45, 7) is 3.59. The van der Waals surface area contributed by atoms with E-state index in [-0.39, 0.29) is 10.8 Å². The third-order valence-corrected chi connectivity index (χ3v) is 7.14. The minimum Gasteiger partial charge on any atom is -0.352 e. The van der Waals surface area contributed by atoms with Crippen molar-refractivity contribution in [3.8, 4) is 0 Å². The summed E-state index contributed by atoms with van der Waals surface area (Å²) in [7, 11) is -3.46. The van der Waals surface area contributed by atoms with Gasteiger partial charge in [-0.05, 0) is 44.0 Å². The zero-order chi connectivity index (χ0) is 18.6. The Bertz CT molecular complexity index is 854. The summed E-state index contributed by atoms with van der Waals surface area (Å²) in [5.41, 5.74) is 1.42. The summed E-state index contributed by atoms with van der Waals surface area (Å²) in [6, 6.07) is 6.17. The molecule has 0 aliphatic carbocycles. The molecule has 0 saturated carbocycles. The summed E-state index contributed by atoms with van der Waals surface area (Å²) < 4.78 is 26.8. The number of hydrogen-bond donors (Lipinski definition) is 1. The van der Waals surface area contributed by atoms with Crippen molar-refractivity contribution in [2.24, 2.45) is 0 Å². The van der Waals surface area contributed by atoms with Crippen molar-refractivity contribution < 1.29 is 13.2 Å². The molecule has 1 fully saturated rings. The third kappa shape index (κ3) is 4.49. The topological polar surface area (TPSA) is 79.4 Å². The normalized spacial score (nSPS) is 15.7. The van der Waals surface area contributed by atoms with Crippen molar-refractivity contribution in [2.45, 2.75) is 37.5 Å². The average Bonchev–Trinajstić information content (AvgIpc) is 3.07. The molecule has 0 bridgehead atoms. The standard InChI is InChI=1S/C18H23N3O3S2/c1-14-20-16(13-25-14)9-10-19-18(22)15-5-7-17(8-6-15)26(23,24)21-11-3-2-4-12-21/h5-8,13H,2-4,9-12H2,1H3,(H,19,22). The van der Waals surface area contributed by atoms with Gasteiger partial charge in [-0.25, -0.2) is 13.4 Å². The van der Waals surface area contributed by atoms with Crippen LogP contribution in [0.4, 0.5) is 0 Å². The summed E-state index contributed by atoms with van der Waals surface area (Å²) in [5, 5.41) is 5.84. The molecule has 1 N–H and O–H groups in total. The zero-order valence-electron chi connectivity index (χ0n) is 14.8. The Hall–Kier alpha value is -1.77. The molecule has 6 nitrogen and oxygen atoms in total. The second-order valence-electron chi connectivity index (χ2n) is 6.35. The van der Waals surface area contributed by atoms with E-state index in [0.717, 1.165) is 30.0 Å². The fourth-order valence-corrected chi connectivity index (χ4v) is 5.13. The molecular weight excluding hydrogens is 370 g/mol. The Kier molecular flexibility index (Phi) is 6.05. The van der Waals surface area contributed by atoms with E-state index in [4.69, 9.17) is 0 Å². The number of aromatic nitrogens is 1. The molecular formula is C18H23N3O3S2. The first kappa shape index (κ1) is 19.0. The number of amides is 1. The molecule has 1 amide bonds. The maximum absolute atomic E-state index is 12.6. The van der Waals surface area contributed by atoms with Gasteiger partial charge in [0.05, 0.1) is 15.6 Å². The number of carbonyl (C=O) groups excluding carboxylic acids is 1. The molecule has 1 aromatic carbocycles. The van der Waals surface area contributed by atoms with Crippen LogP contribution in [0.25, 0.3) is 0 Å². The molecule has 1 aliphatic heterocycles. The van der Waals surface area contributed by atoms with E-state index in [1.165, 1.54) is 16.4 Å². The van der Waals surface area contributed by atoms with E-state index in [9.17, 15) is 13.2 Å². The summed E-state index contributed by atoms with van der Waals surface area (Å²) >= 11 is 1.59. The Morgan fingerprint density at radius 1 is 1.19 bits per heavy atom. The van der Waals surface area contributed by atoms with Gasteiger partial charge in [0, 0.05) is 37.0 Å². The molecule has 3 rings (SSSR count). The van der Waals surface area contributed by atoms with E-state index >= 15 is 0 Å². The molecule has 2 aromatic rings. The van der Waals surface area contributed by atoms with Gasteiger partial charge in [0.1, 0.15) is 0 Å². The number of aryl methyl sites for hydroxylation is 1. The lowest BCUT2D eigenvalue weighted by Crippen LogP contribution is -2.35. The van der Waals surface area contributed by atoms with Gasteiger partial charge in [-0.15, -0.1) is 11.3 Å². The number of benzene rings is 1. The highest BCUT2D eigenvalue weighted by Gasteiger charge is 2.25. The molecule has 8 heteroatoms. The van der Waals surface area contributed by atoms with E-state index in [0.29, 0.717) is 31.6 Å². The summed E-state index contributed by atoms with van der Waals surface area (Å²) in [4.78, 5) is 16.8. The van der Waals surface area contributed by atoms with Gasteiger partial charge in [0.15, 0.2) is 0 Å². The Morgan fingerprint density at radius 2 is 1.88 bits per heavy atom. The maximum atomic E-state index is 12.6. The van der Waals surface area contributed by atoms with Gasteiger partial charge in [-0.2, -0.15) is 4.31 Å². The summed E-state index contributed by atoms with van der Waals surface area (Å²) in [5.74, 6) is -0.209. The number of nitrogens with one attached hydrogen (secondary N) is 1. The van der Waals surface area contributed by atoms with Gasteiger partial charge in [0.2, 0.25) is 10.0 Å². The van der Waals surface area contributed by atoms with Crippen molar-refractivity contribution in [1.29, 1.82) is 0 Å². The van der Waals surface area contributed by atoms with Gasteiger partial charge >= 0.3 is 0 Å². The second kappa shape index (κ2) is 8.28. The first-order valence-electron chi connectivity index (χ1n) is 8.76. The van der Waals surface area contributed by atoms with Gasteiger partial charge in [-0.3, -0.25) is 4.79 Å². The molecule has 140 valence electrons. The second-order valence-corrected chi connectivity index (χ2v) is 9.35. The molecule has 1 aliphatic rings. The number of sulfonamides is 1. The zero-order valence-corrected chi connectivity index (χ0v) is 16.4. The van der Waals surface area contributed by atoms with Crippen LogP contribution in [-0.4, -0.2) is 43.2 Å². The maximum Gasteiger partial charge on any atom is 0.251 e. The Morgan fingerprint density at radius 3 is 2.50 bits per heavy atom. The van der Waals surface area contributed by atoms with E-state index in [1.54, 1.807) is 23.5 Å². The molecule has 0 radical (unpaired) electrons. The molecule has 0 unspecified atom stereocenters. The average molecular weight is 394 g/mol. The highest BCUT2D eigenvalue weighted by molar-refractivity contribution is 7.89.